The van der Waals surface area contributed by atoms with Gasteiger partial charge in [0, 0.05) is 6.54 Å². The summed E-state index contributed by atoms with van der Waals surface area (Å²) in [6, 6.07) is 6.33. The second-order valence-corrected chi connectivity index (χ2v) is 3.28. The molecule has 1 atom stereocenters. The van der Waals surface area contributed by atoms with Crippen molar-refractivity contribution in [2.75, 3.05) is 6.61 Å². The lowest BCUT2D eigenvalue weighted by molar-refractivity contribution is 0.251. The van der Waals surface area contributed by atoms with Crippen LogP contribution in [0.2, 0.25) is 0 Å². The third kappa shape index (κ3) is 1.39. The van der Waals surface area contributed by atoms with Gasteiger partial charge in [0.15, 0.2) is 0 Å². The fourth-order valence-electron chi connectivity index (χ4n) is 1.75. The lowest BCUT2D eigenvalue weighted by Crippen LogP contribution is -2.15. The van der Waals surface area contributed by atoms with Crippen molar-refractivity contribution >= 4 is 6.08 Å². The van der Waals surface area contributed by atoms with E-state index in [-0.39, 0.29) is 12.6 Å². The highest BCUT2D eigenvalue weighted by molar-refractivity contribution is 5.51. The van der Waals surface area contributed by atoms with Gasteiger partial charge in [-0.15, -0.1) is 0 Å². The molecule has 0 aromatic heterocycles. The molecule has 68 valence electrons. The summed E-state index contributed by atoms with van der Waals surface area (Å²) in [7, 11) is 0. The molecule has 0 fully saturated rings. The van der Waals surface area contributed by atoms with E-state index in [1.165, 1.54) is 11.1 Å². The van der Waals surface area contributed by atoms with E-state index < -0.39 is 0 Å². The highest BCUT2D eigenvalue weighted by Gasteiger charge is 2.20. The first-order valence-corrected chi connectivity index (χ1v) is 4.44. The summed E-state index contributed by atoms with van der Waals surface area (Å²) in [5, 5.41) is 12.3. The fraction of sp³-hybridized carbons (Fsp3) is 0.273. The maximum Gasteiger partial charge on any atom is 0.0626 e. The molecule has 1 aliphatic heterocycles. The van der Waals surface area contributed by atoms with Crippen LogP contribution < -0.4 is 5.32 Å². The molecule has 0 spiro atoms. The Labute approximate surface area is 77.9 Å². The maximum absolute atomic E-state index is 9.06. The van der Waals surface area contributed by atoms with Gasteiger partial charge in [-0.05, 0) is 16.7 Å². The van der Waals surface area contributed by atoms with Gasteiger partial charge in [-0.3, -0.25) is 0 Å². The van der Waals surface area contributed by atoms with Crippen molar-refractivity contribution in [3.63, 3.8) is 0 Å². The minimum atomic E-state index is 0.119. The lowest BCUT2D eigenvalue weighted by Gasteiger charge is -2.07. The number of fused-ring (bicyclic) bond motifs is 1. The number of nitrogens with one attached hydrogen (secondary N) is 1. The lowest BCUT2D eigenvalue weighted by atomic mass is 10.0. The summed E-state index contributed by atoms with van der Waals surface area (Å²) in [6.07, 6.45) is 1.84. The number of aliphatic hydroxyl groups excluding tert-OH is 1. The topological polar surface area (TPSA) is 32.3 Å². The number of benzene rings is 1. The predicted octanol–water partition coefficient (Wildman–Crippen LogP) is 1.47. The molecule has 0 unspecified atom stereocenters. The van der Waals surface area contributed by atoms with E-state index in [9.17, 15) is 0 Å². The molecule has 0 amide bonds. The number of aliphatic hydroxyl groups is 1. The van der Waals surface area contributed by atoms with Crippen molar-refractivity contribution in [3.05, 3.63) is 41.5 Å². The van der Waals surface area contributed by atoms with Crippen molar-refractivity contribution in [2.45, 2.75) is 12.6 Å². The Morgan fingerprint density at radius 3 is 3.15 bits per heavy atom. The van der Waals surface area contributed by atoms with Crippen LogP contribution in [0.15, 0.2) is 24.8 Å². The van der Waals surface area contributed by atoms with Crippen LogP contribution in [-0.4, -0.2) is 11.7 Å². The predicted molar refractivity (Wildman–Crippen MR) is 53.2 cm³/mol. The van der Waals surface area contributed by atoms with E-state index in [1.807, 2.05) is 12.1 Å². The molecule has 0 radical (unpaired) electrons. The second-order valence-electron chi connectivity index (χ2n) is 3.28. The Kier molecular flexibility index (Phi) is 2.17. The first-order valence-electron chi connectivity index (χ1n) is 4.44. The van der Waals surface area contributed by atoms with E-state index in [1.54, 1.807) is 0 Å². The maximum atomic E-state index is 9.06. The van der Waals surface area contributed by atoms with Crippen molar-refractivity contribution in [1.29, 1.82) is 0 Å². The molecule has 1 aromatic rings. The third-order valence-electron chi connectivity index (χ3n) is 2.50. The molecule has 0 aliphatic carbocycles. The molecule has 0 saturated carbocycles. The van der Waals surface area contributed by atoms with E-state index >= 15 is 0 Å². The normalized spacial score (nSPS) is 19.9. The largest absolute Gasteiger partial charge is 0.394 e. The summed E-state index contributed by atoms with van der Waals surface area (Å²) in [6.45, 7) is 4.74. The summed E-state index contributed by atoms with van der Waals surface area (Å²) in [5.41, 5.74) is 3.63. The van der Waals surface area contributed by atoms with Crippen molar-refractivity contribution in [2.24, 2.45) is 0 Å². The van der Waals surface area contributed by atoms with Gasteiger partial charge in [-0.25, -0.2) is 0 Å². The molecule has 2 nitrogen and oxygen atoms in total. The number of hydrogen-bond acceptors (Lipinski definition) is 2. The van der Waals surface area contributed by atoms with Crippen LogP contribution in [0, 0.1) is 0 Å². The van der Waals surface area contributed by atoms with Crippen LogP contribution >= 0.6 is 0 Å². The van der Waals surface area contributed by atoms with Gasteiger partial charge in [0.2, 0.25) is 0 Å². The van der Waals surface area contributed by atoms with Crippen molar-refractivity contribution in [1.82, 2.24) is 5.32 Å². The fourth-order valence-corrected chi connectivity index (χ4v) is 1.75. The van der Waals surface area contributed by atoms with E-state index in [4.69, 9.17) is 5.11 Å². The van der Waals surface area contributed by atoms with E-state index in [0.29, 0.717) is 0 Å². The zero-order chi connectivity index (χ0) is 9.26. The molecule has 2 rings (SSSR count). The van der Waals surface area contributed by atoms with Crippen molar-refractivity contribution < 1.29 is 5.11 Å². The number of hydrogen-bond donors (Lipinski definition) is 2. The number of rotatable bonds is 2. The standard InChI is InChI=1S/C11H13NO/c1-2-8-3-4-10-9(5-8)6-12-11(10)7-13/h2-5,11-13H,1,6-7H2/t11-/m1/s1. The third-order valence-corrected chi connectivity index (χ3v) is 2.50. The second kappa shape index (κ2) is 3.32. The minimum Gasteiger partial charge on any atom is -0.394 e. The Bertz CT molecular complexity index is 333. The average molecular weight is 175 g/mol. The van der Waals surface area contributed by atoms with Crippen LogP contribution in [0.25, 0.3) is 6.08 Å². The van der Waals surface area contributed by atoms with Gasteiger partial charge in [-0.1, -0.05) is 30.9 Å². The monoisotopic (exact) mass is 175 g/mol. The Morgan fingerprint density at radius 2 is 2.46 bits per heavy atom. The molecular weight excluding hydrogens is 162 g/mol. The summed E-state index contributed by atoms with van der Waals surface area (Å²) < 4.78 is 0. The Hall–Kier alpha value is -1.12. The molecule has 2 heteroatoms. The van der Waals surface area contributed by atoms with Gasteiger partial charge >= 0.3 is 0 Å². The molecular formula is C11H13NO. The zero-order valence-electron chi connectivity index (χ0n) is 7.46. The van der Waals surface area contributed by atoms with Gasteiger partial charge in [-0.2, -0.15) is 0 Å². The first kappa shape index (κ1) is 8.48. The Balaban J connectivity index is 2.40. The highest BCUT2D eigenvalue weighted by Crippen LogP contribution is 2.25. The zero-order valence-corrected chi connectivity index (χ0v) is 7.46. The average Bonchev–Trinajstić information content (AvgIpc) is 2.59. The summed E-state index contributed by atoms with van der Waals surface area (Å²) in [5.74, 6) is 0. The molecule has 1 aromatic carbocycles. The molecule has 0 bridgehead atoms. The highest BCUT2D eigenvalue weighted by atomic mass is 16.3. The van der Waals surface area contributed by atoms with Crippen LogP contribution in [-0.2, 0) is 6.54 Å². The Morgan fingerprint density at radius 1 is 1.62 bits per heavy atom. The van der Waals surface area contributed by atoms with Gasteiger partial charge in [0.1, 0.15) is 0 Å². The summed E-state index contributed by atoms with van der Waals surface area (Å²) in [4.78, 5) is 0. The molecule has 1 aliphatic rings. The molecule has 0 saturated heterocycles. The quantitative estimate of drug-likeness (QED) is 0.713. The van der Waals surface area contributed by atoms with Crippen LogP contribution in [0.3, 0.4) is 0 Å². The van der Waals surface area contributed by atoms with Gasteiger partial charge in [0.05, 0.1) is 12.6 Å². The van der Waals surface area contributed by atoms with Gasteiger partial charge < -0.3 is 10.4 Å². The SMILES string of the molecule is C=Cc1ccc2c(c1)CN[C@@H]2CO. The summed E-state index contributed by atoms with van der Waals surface area (Å²) >= 11 is 0. The van der Waals surface area contributed by atoms with Gasteiger partial charge in [0.25, 0.3) is 0 Å². The first-order chi connectivity index (χ1) is 6.35. The minimum absolute atomic E-state index is 0.119. The van der Waals surface area contributed by atoms with E-state index in [2.05, 4.69) is 24.0 Å². The van der Waals surface area contributed by atoms with Crippen LogP contribution in [0.4, 0.5) is 0 Å². The molecule has 13 heavy (non-hydrogen) atoms. The smallest absolute Gasteiger partial charge is 0.0626 e. The van der Waals surface area contributed by atoms with Crippen molar-refractivity contribution in [3.8, 4) is 0 Å². The van der Waals surface area contributed by atoms with Crippen LogP contribution in [0.5, 0.6) is 0 Å². The van der Waals surface area contributed by atoms with Crippen LogP contribution in [0.1, 0.15) is 22.7 Å². The van der Waals surface area contributed by atoms with E-state index in [0.717, 1.165) is 12.1 Å². The molecule has 1 heterocycles. The molecule has 2 N–H and O–H groups in total.